The van der Waals surface area contributed by atoms with Gasteiger partial charge in [-0.25, -0.2) is 9.97 Å². The minimum atomic E-state index is -0.456. The summed E-state index contributed by atoms with van der Waals surface area (Å²) in [5.41, 5.74) is 10.5. The Morgan fingerprint density at radius 1 is 1.13 bits per heavy atom. The number of methoxy groups -OCH3 is 2. The Kier molecular flexibility index (Phi) is 5.73. The number of aromatic nitrogens is 3. The molecule has 4 aromatic rings. The predicted molar refractivity (Wildman–Crippen MR) is 121 cm³/mol. The number of pyridine rings is 1. The molecule has 1 amide bonds. The number of hydrogen-bond acceptors (Lipinski definition) is 6. The van der Waals surface area contributed by atoms with Gasteiger partial charge in [0.1, 0.15) is 10.8 Å². The molecular formula is C23H22N4O3S. The highest BCUT2D eigenvalue weighted by Crippen LogP contribution is 2.32. The second-order valence-corrected chi connectivity index (χ2v) is 7.81. The van der Waals surface area contributed by atoms with Crippen LogP contribution >= 0.6 is 11.3 Å². The molecule has 0 bridgehead atoms. The Labute approximate surface area is 184 Å². The van der Waals surface area contributed by atoms with Crippen LogP contribution in [0.25, 0.3) is 22.0 Å². The zero-order chi connectivity index (χ0) is 22.0. The molecule has 4 rings (SSSR count). The zero-order valence-corrected chi connectivity index (χ0v) is 18.3. The summed E-state index contributed by atoms with van der Waals surface area (Å²) in [7, 11) is 3.22. The van der Waals surface area contributed by atoms with Crippen LogP contribution in [0.2, 0.25) is 0 Å². The molecule has 158 valence electrons. The number of nitrogens with two attached hydrogens (primary N) is 1. The maximum atomic E-state index is 12.0. The van der Waals surface area contributed by atoms with Crippen molar-refractivity contribution in [3.05, 3.63) is 70.9 Å². The van der Waals surface area contributed by atoms with Gasteiger partial charge in [0, 0.05) is 35.4 Å². The SMILES string of the molecule is COc1ccc(Cn2c(-c3csc(-c4ccc(OC)nc4)n3)cc(C(N)=O)c2C)cc1. The maximum absolute atomic E-state index is 12.0. The van der Waals surface area contributed by atoms with Crippen molar-refractivity contribution in [2.45, 2.75) is 13.5 Å². The summed E-state index contributed by atoms with van der Waals surface area (Å²) in [5, 5.41) is 2.81. The molecule has 0 aliphatic heterocycles. The average Bonchev–Trinajstić information content (AvgIpc) is 3.40. The van der Waals surface area contributed by atoms with Gasteiger partial charge >= 0.3 is 0 Å². The quantitative estimate of drug-likeness (QED) is 0.472. The number of thiazole rings is 1. The highest BCUT2D eigenvalue weighted by Gasteiger charge is 2.19. The smallest absolute Gasteiger partial charge is 0.250 e. The summed E-state index contributed by atoms with van der Waals surface area (Å²) < 4.78 is 12.4. The van der Waals surface area contributed by atoms with Crippen molar-refractivity contribution < 1.29 is 14.3 Å². The molecule has 0 atom stereocenters. The molecule has 0 spiro atoms. The van der Waals surface area contributed by atoms with Gasteiger partial charge in [-0.15, -0.1) is 11.3 Å². The van der Waals surface area contributed by atoms with Crippen LogP contribution in [-0.4, -0.2) is 34.7 Å². The highest BCUT2D eigenvalue weighted by atomic mass is 32.1. The summed E-state index contributed by atoms with van der Waals surface area (Å²) in [6.45, 7) is 2.48. The van der Waals surface area contributed by atoms with Crippen molar-refractivity contribution in [3.8, 4) is 33.6 Å². The van der Waals surface area contributed by atoms with E-state index in [0.717, 1.165) is 39.0 Å². The van der Waals surface area contributed by atoms with Crippen molar-refractivity contribution in [1.29, 1.82) is 0 Å². The zero-order valence-electron chi connectivity index (χ0n) is 17.5. The normalized spacial score (nSPS) is 10.8. The lowest BCUT2D eigenvalue weighted by molar-refractivity contribution is 0.0999. The molecule has 0 radical (unpaired) electrons. The Balaban J connectivity index is 1.72. The molecule has 1 aromatic carbocycles. The van der Waals surface area contributed by atoms with E-state index in [4.69, 9.17) is 20.2 Å². The first-order valence-electron chi connectivity index (χ1n) is 9.59. The van der Waals surface area contributed by atoms with E-state index in [1.165, 1.54) is 11.3 Å². The monoisotopic (exact) mass is 434 g/mol. The van der Waals surface area contributed by atoms with Gasteiger partial charge < -0.3 is 19.8 Å². The summed E-state index contributed by atoms with van der Waals surface area (Å²) in [4.78, 5) is 21.0. The third kappa shape index (κ3) is 4.15. The third-order valence-corrected chi connectivity index (χ3v) is 5.98. The predicted octanol–water partition coefficient (Wildman–Crippen LogP) is 4.15. The molecule has 31 heavy (non-hydrogen) atoms. The highest BCUT2D eigenvalue weighted by molar-refractivity contribution is 7.13. The van der Waals surface area contributed by atoms with Crippen LogP contribution in [-0.2, 0) is 6.54 Å². The maximum Gasteiger partial charge on any atom is 0.250 e. The second kappa shape index (κ2) is 8.61. The third-order valence-electron chi connectivity index (χ3n) is 5.09. The molecular weight excluding hydrogens is 412 g/mol. The molecule has 3 aromatic heterocycles. The number of nitrogens with zero attached hydrogens (tertiary/aromatic N) is 3. The van der Waals surface area contributed by atoms with Gasteiger partial charge in [0.05, 0.1) is 31.2 Å². The van der Waals surface area contributed by atoms with Gasteiger partial charge in [-0.05, 0) is 36.8 Å². The number of rotatable bonds is 7. The molecule has 2 N–H and O–H groups in total. The van der Waals surface area contributed by atoms with Crippen LogP contribution in [0.15, 0.2) is 54.0 Å². The number of ether oxygens (including phenoxy) is 2. The number of benzene rings is 1. The first kappa shape index (κ1) is 20.6. The molecule has 7 nitrogen and oxygen atoms in total. The lowest BCUT2D eigenvalue weighted by atomic mass is 10.2. The van der Waals surface area contributed by atoms with Crippen molar-refractivity contribution in [2.75, 3.05) is 14.2 Å². The van der Waals surface area contributed by atoms with Gasteiger partial charge in [0.15, 0.2) is 0 Å². The van der Waals surface area contributed by atoms with Crippen LogP contribution in [0, 0.1) is 6.92 Å². The van der Waals surface area contributed by atoms with Gasteiger partial charge in [-0.3, -0.25) is 4.79 Å². The molecule has 0 aliphatic rings. The summed E-state index contributed by atoms with van der Waals surface area (Å²) in [6.07, 6.45) is 1.73. The lowest BCUT2D eigenvalue weighted by Crippen LogP contribution is -2.12. The van der Waals surface area contributed by atoms with E-state index in [0.29, 0.717) is 18.0 Å². The van der Waals surface area contributed by atoms with E-state index in [-0.39, 0.29) is 0 Å². The van der Waals surface area contributed by atoms with Crippen molar-refractivity contribution in [1.82, 2.24) is 14.5 Å². The van der Waals surface area contributed by atoms with Crippen molar-refractivity contribution in [3.63, 3.8) is 0 Å². The summed E-state index contributed by atoms with van der Waals surface area (Å²) >= 11 is 1.52. The fourth-order valence-corrected chi connectivity index (χ4v) is 4.18. The Morgan fingerprint density at radius 3 is 2.52 bits per heavy atom. The minimum Gasteiger partial charge on any atom is -0.497 e. The summed E-state index contributed by atoms with van der Waals surface area (Å²) in [5.74, 6) is 0.890. The van der Waals surface area contributed by atoms with Gasteiger partial charge in [-0.1, -0.05) is 12.1 Å². The number of amides is 1. The van der Waals surface area contributed by atoms with E-state index in [1.807, 2.05) is 48.7 Å². The first-order valence-corrected chi connectivity index (χ1v) is 10.5. The molecule has 0 unspecified atom stereocenters. The number of carbonyl (C=O) groups excluding carboxylic acids is 1. The Morgan fingerprint density at radius 2 is 1.90 bits per heavy atom. The summed E-state index contributed by atoms with van der Waals surface area (Å²) in [6, 6.07) is 13.4. The molecule has 0 fully saturated rings. The fraction of sp³-hybridized carbons (Fsp3) is 0.174. The number of hydrogen-bond donors (Lipinski definition) is 1. The molecule has 3 heterocycles. The Hall–Kier alpha value is -3.65. The van der Waals surface area contributed by atoms with E-state index < -0.39 is 5.91 Å². The standard InChI is InChI=1S/C23H22N4O3S/c1-14-18(22(24)28)10-20(27(14)12-15-4-7-17(29-2)8-5-15)19-13-31-23(26-19)16-6-9-21(30-3)25-11-16/h4-11,13H,12H2,1-3H3,(H2,24,28). The molecule has 8 heteroatoms. The topological polar surface area (TPSA) is 92.3 Å². The Bertz CT molecular complexity index is 1210. The molecule has 0 aliphatic carbocycles. The van der Waals surface area contributed by atoms with E-state index in [9.17, 15) is 4.79 Å². The van der Waals surface area contributed by atoms with Crippen LogP contribution in [0.1, 0.15) is 21.6 Å². The van der Waals surface area contributed by atoms with Gasteiger partial charge in [0.2, 0.25) is 5.88 Å². The van der Waals surface area contributed by atoms with E-state index >= 15 is 0 Å². The van der Waals surface area contributed by atoms with Gasteiger partial charge in [-0.2, -0.15) is 0 Å². The molecule has 0 saturated heterocycles. The number of primary amides is 1. The van der Waals surface area contributed by atoms with Crippen LogP contribution in [0.5, 0.6) is 11.6 Å². The van der Waals surface area contributed by atoms with Crippen molar-refractivity contribution in [2.24, 2.45) is 5.73 Å². The second-order valence-electron chi connectivity index (χ2n) is 6.95. The van der Waals surface area contributed by atoms with Crippen LogP contribution in [0.3, 0.4) is 0 Å². The first-order chi connectivity index (χ1) is 15.0. The van der Waals surface area contributed by atoms with Gasteiger partial charge in [0.25, 0.3) is 5.91 Å². The largest absolute Gasteiger partial charge is 0.497 e. The molecule has 0 saturated carbocycles. The lowest BCUT2D eigenvalue weighted by Gasteiger charge is -2.11. The van der Waals surface area contributed by atoms with E-state index in [1.54, 1.807) is 26.5 Å². The van der Waals surface area contributed by atoms with E-state index in [2.05, 4.69) is 9.55 Å². The fourth-order valence-electron chi connectivity index (χ4n) is 3.38. The van der Waals surface area contributed by atoms with Crippen LogP contribution in [0.4, 0.5) is 0 Å². The van der Waals surface area contributed by atoms with Crippen molar-refractivity contribution >= 4 is 17.2 Å². The minimum absolute atomic E-state index is 0.456. The van der Waals surface area contributed by atoms with Crippen LogP contribution < -0.4 is 15.2 Å². The average molecular weight is 435 g/mol. The number of carbonyl (C=O) groups is 1.